The molecule has 18 heavy (non-hydrogen) atoms. The van der Waals surface area contributed by atoms with Crippen LogP contribution in [0.25, 0.3) is 0 Å². The van der Waals surface area contributed by atoms with Crippen molar-refractivity contribution < 1.29 is 13.3 Å². The Hall–Kier alpha value is 0.397. The standard InChI is InChI=1S/C10H24N2O3SSi.BrH/c1-4-13-17(14-5-2,15-6-3)9-7-8-16-10(11)12;/h4-9H2,1-3H3,(H3,11,12);1H. The van der Waals surface area contributed by atoms with E-state index in [4.69, 9.17) is 24.4 Å². The molecule has 3 N–H and O–H groups in total. The summed E-state index contributed by atoms with van der Waals surface area (Å²) in [6, 6.07) is 0.781. The third-order valence-corrected chi connectivity index (χ3v) is 5.93. The molecule has 0 aromatic rings. The summed E-state index contributed by atoms with van der Waals surface area (Å²) in [6.45, 7) is 7.66. The Morgan fingerprint density at radius 3 is 1.89 bits per heavy atom. The van der Waals surface area contributed by atoms with Gasteiger partial charge in [-0.1, -0.05) is 11.8 Å². The lowest BCUT2D eigenvalue weighted by Crippen LogP contribution is -2.46. The van der Waals surface area contributed by atoms with Crippen molar-refractivity contribution in [3.05, 3.63) is 0 Å². The van der Waals surface area contributed by atoms with Crippen LogP contribution in [0.3, 0.4) is 0 Å². The smallest absolute Gasteiger partial charge is 0.379 e. The maximum atomic E-state index is 7.13. The largest absolute Gasteiger partial charge is 0.500 e. The number of hydrogen-bond acceptors (Lipinski definition) is 5. The Kier molecular flexibility index (Phi) is 14.3. The fraction of sp³-hybridized carbons (Fsp3) is 0.900. The van der Waals surface area contributed by atoms with Crippen LogP contribution in [0, 0.1) is 5.41 Å². The predicted octanol–water partition coefficient (Wildman–Crippen LogP) is 2.63. The zero-order chi connectivity index (χ0) is 13.1. The lowest BCUT2D eigenvalue weighted by Gasteiger charge is -2.28. The molecule has 0 saturated carbocycles. The maximum Gasteiger partial charge on any atom is 0.500 e. The number of amidine groups is 1. The van der Waals surface area contributed by atoms with Crippen molar-refractivity contribution in [2.75, 3.05) is 25.6 Å². The molecule has 0 atom stereocenters. The lowest BCUT2D eigenvalue weighted by atomic mass is 10.6. The molecule has 0 aliphatic rings. The van der Waals surface area contributed by atoms with Gasteiger partial charge in [0.15, 0.2) is 5.17 Å². The Morgan fingerprint density at radius 1 is 1.11 bits per heavy atom. The van der Waals surface area contributed by atoms with E-state index in [9.17, 15) is 0 Å². The number of thioether (sulfide) groups is 1. The van der Waals surface area contributed by atoms with Gasteiger partial charge in [0.1, 0.15) is 0 Å². The van der Waals surface area contributed by atoms with Crippen molar-refractivity contribution in [2.45, 2.75) is 33.2 Å². The average molecular weight is 361 g/mol. The SMILES string of the molecule is Br.CCO[Si](CCCSC(=N)N)(OCC)OCC. The van der Waals surface area contributed by atoms with Crippen molar-refractivity contribution in [3.8, 4) is 0 Å². The van der Waals surface area contributed by atoms with Gasteiger partial charge in [0.2, 0.25) is 0 Å². The number of halogens is 1. The summed E-state index contributed by atoms with van der Waals surface area (Å²) in [7, 11) is -2.49. The first-order valence-electron chi connectivity index (χ1n) is 5.98. The molecule has 0 rings (SSSR count). The van der Waals surface area contributed by atoms with Crippen LogP contribution in [0.1, 0.15) is 27.2 Å². The van der Waals surface area contributed by atoms with E-state index in [2.05, 4.69) is 0 Å². The quantitative estimate of drug-likeness (QED) is 0.271. The van der Waals surface area contributed by atoms with Crippen LogP contribution >= 0.6 is 28.7 Å². The Balaban J connectivity index is 0. The van der Waals surface area contributed by atoms with Crippen LogP contribution in [-0.2, 0) is 13.3 Å². The van der Waals surface area contributed by atoms with Crippen LogP contribution in [0.4, 0.5) is 0 Å². The third-order valence-electron chi connectivity index (χ3n) is 1.98. The van der Waals surface area contributed by atoms with Gasteiger partial charge >= 0.3 is 8.80 Å². The van der Waals surface area contributed by atoms with Gasteiger partial charge < -0.3 is 19.0 Å². The molecule has 0 bridgehead atoms. The molecule has 0 amide bonds. The van der Waals surface area contributed by atoms with E-state index in [-0.39, 0.29) is 22.1 Å². The summed E-state index contributed by atoms with van der Waals surface area (Å²) < 4.78 is 17.2. The Morgan fingerprint density at radius 2 is 1.56 bits per heavy atom. The fourth-order valence-electron chi connectivity index (χ4n) is 1.47. The molecular weight excluding hydrogens is 336 g/mol. The van der Waals surface area contributed by atoms with Gasteiger partial charge in [-0.05, 0) is 27.2 Å². The van der Waals surface area contributed by atoms with Crippen molar-refractivity contribution in [1.82, 2.24) is 0 Å². The van der Waals surface area contributed by atoms with Crippen LogP contribution in [0.2, 0.25) is 6.04 Å². The monoisotopic (exact) mass is 360 g/mol. The second-order valence-electron chi connectivity index (χ2n) is 3.30. The molecule has 0 aliphatic carbocycles. The topological polar surface area (TPSA) is 77.6 Å². The van der Waals surface area contributed by atoms with Crippen LogP contribution in [-0.4, -0.2) is 39.5 Å². The molecule has 0 spiro atoms. The van der Waals surface area contributed by atoms with Crippen LogP contribution in [0.5, 0.6) is 0 Å². The molecule has 5 nitrogen and oxygen atoms in total. The maximum absolute atomic E-state index is 7.13. The van der Waals surface area contributed by atoms with Crippen molar-refractivity contribution in [3.63, 3.8) is 0 Å². The zero-order valence-corrected chi connectivity index (χ0v) is 14.9. The second kappa shape index (κ2) is 12.4. The Bertz CT molecular complexity index is 208. The highest BCUT2D eigenvalue weighted by molar-refractivity contribution is 8.93. The summed E-state index contributed by atoms with van der Waals surface area (Å²) in [5, 5.41) is 7.28. The van der Waals surface area contributed by atoms with Crippen molar-refractivity contribution in [1.29, 1.82) is 5.41 Å². The highest BCUT2D eigenvalue weighted by atomic mass is 79.9. The van der Waals surface area contributed by atoms with Gasteiger partial charge in [0.05, 0.1) is 0 Å². The minimum absolute atomic E-state index is 0. The van der Waals surface area contributed by atoms with Gasteiger partial charge in [0, 0.05) is 31.6 Å². The fourth-order valence-corrected chi connectivity index (χ4v) is 4.85. The highest BCUT2D eigenvalue weighted by Crippen LogP contribution is 2.19. The number of nitrogens with one attached hydrogen (secondary N) is 1. The first-order valence-corrected chi connectivity index (χ1v) is 8.90. The Labute approximate surface area is 126 Å². The van der Waals surface area contributed by atoms with E-state index in [1.165, 1.54) is 11.8 Å². The summed E-state index contributed by atoms with van der Waals surface area (Å²) in [5.41, 5.74) is 5.28. The van der Waals surface area contributed by atoms with Crippen LogP contribution in [0.15, 0.2) is 0 Å². The summed E-state index contributed by atoms with van der Waals surface area (Å²) in [6.07, 6.45) is 0.885. The van der Waals surface area contributed by atoms with Crippen molar-refractivity contribution >= 4 is 42.7 Å². The highest BCUT2D eigenvalue weighted by Gasteiger charge is 2.39. The first kappa shape index (κ1) is 20.7. The molecule has 110 valence electrons. The van der Waals surface area contributed by atoms with E-state index in [0.29, 0.717) is 19.8 Å². The van der Waals surface area contributed by atoms with Gasteiger partial charge in [-0.25, -0.2) is 0 Å². The van der Waals surface area contributed by atoms with E-state index in [0.717, 1.165) is 18.2 Å². The zero-order valence-electron chi connectivity index (χ0n) is 11.4. The van der Waals surface area contributed by atoms with Crippen LogP contribution < -0.4 is 5.73 Å². The van der Waals surface area contributed by atoms with Gasteiger partial charge in [-0.3, -0.25) is 5.41 Å². The van der Waals surface area contributed by atoms with E-state index >= 15 is 0 Å². The van der Waals surface area contributed by atoms with E-state index in [1.807, 2.05) is 20.8 Å². The first-order chi connectivity index (χ1) is 8.10. The van der Waals surface area contributed by atoms with Gasteiger partial charge in [0.25, 0.3) is 0 Å². The number of rotatable bonds is 10. The molecule has 8 heteroatoms. The van der Waals surface area contributed by atoms with E-state index in [1.54, 1.807) is 0 Å². The molecule has 0 unspecified atom stereocenters. The summed E-state index contributed by atoms with van der Waals surface area (Å²) in [4.78, 5) is 0. The second-order valence-corrected chi connectivity index (χ2v) is 7.17. The number of nitrogens with two attached hydrogens (primary N) is 1. The molecular formula is C10H25BrN2O3SSi. The number of hydrogen-bond donors (Lipinski definition) is 2. The van der Waals surface area contributed by atoms with E-state index < -0.39 is 8.80 Å². The molecule has 0 heterocycles. The summed E-state index contributed by atoms with van der Waals surface area (Å²) >= 11 is 1.34. The minimum Gasteiger partial charge on any atom is -0.379 e. The van der Waals surface area contributed by atoms with Gasteiger partial charge in [-0.15, -0.1) is 17.0 Å². The molecule has 0 radical (unpaired) electrons. The van der Waals surface area contributed by atoms with Gasteiger partial charge in [-0.2, -0.15) is 0 Å². The van der Waals surface area contributed by atoms with Crippen molar-refractivity contribution in [2.24, 2.45) is 5.73 Å². The summed E-state index contributed by atoms with van der Waals surface area (Å²) in [5.74, 6) is 0.803. The molecule has 0 aromatic carbocycles. The predicted molar refractivity (Wildman–Crippen MR) is 84.8 cm³/mol. The lowest BCUT2D eigenvalue weighted by molar-refractivity contribution is 0.0712. The average Bonchev–Trinajstić information content (AvgIpc) is 2.25. The normalized spacial score (nSPS) is 11.1. The third kappa shape index (κ3) is 9.34. The molecule has 0 aliphatic heterocycles. The minimum atomic E-state index is -2.49. The molecule has 0 aromatic heterocycles. The molecule has 0 fully saturated rings. The molecule has 0 saturated heterocycles.